The van der Waals surface area contributed by atoms with Gasteiger partial charge < -0.3 is 4.74 Å². The van der Waals surface area contributed by atoms with Gasteiger partial charge in [0.2, 0.25) is 0 Å². The number of aryl methyl sites for hydroxylation is 1. The maximum absolute atomic E-state index is 12.7. The standard InChI is InChI=1S/C18H22N2O4/c1-11-6-5-7-12(10-11)13(21)19-20-14(22)18-9-8-17(4,15(23)24-18)16(18,2)3/h5-7,10H,8-9H2,1-4H3,(H,19,21)(H,20,22). The van der Waals surface area contributed by atoms with Gasteiger partial charge in [0.25, 0.3) is 11.8 Å². The number of hydrogen-bond acceptors (Lipinski definition) is 4. The molecule has 1 heterocycles. The molecule has 6 nitrogen and oxygen atoms in total. The van der Waals surface area contributed by atoms with Crippen LogP contribution < -0.4 is 10.9 Å². The van der Waals surface area contributed by atoms with Crippen LogP contribution in [0.3, 0.4) is 0 Å². The number of fused-ring (bicyclic) bond motifs is 2. The fourth-order valence-corrected chi connectivity index (χ4v) is 3.82. The molecule has 24 heavy (non-hydrogen) atoms. The number of benzene rings is 1. The highest BCUT2D eigenvalue weighted by Crippen LogP contribution is 2.65. The molecular formula is C18H22N2O4. The number of carbonyl (C=O) groups excluding carboxylic acids is 3. The zero-order chi connectivity index (χ0) is 17.8. The highest BCUT2D eigenvalue weighted by Gasteiger charge is 2.75. The van der Waals surface area contributed by atoms with Gasteiger partial charge in [-0.15, -0.1) is 0 Å². The fourth-order valence-electron chi connectivity index (χ4n) is 3.82. The van der Waals surface area contributed by atoms with Crippen molar-refractivity contribution in [2.75, 3.05) is 0 Å². The molecule has 0 spiro atoms. The van der Waals surface area contributed by atoms with E-state index in [1.165, 1.54) is 0 Å². The summed E-state index contributed by atoms with van der Waals surface area (Å²) in [5, 5.41) is 0. The number of ether oxygens (including phenoxy) is 1. The van der Waals surface area contributed by atoms with Gasteiger partial charge in [-0.1, -0.05) is 31.5 Å². The van der Waals surface area contributed by atoms with E-state index >= 15 is 0 Å². The van der Waals surface area contributed by atoms with Crippen LogP contribution >= 0.6 is 0 Å². The van der Waals surface area contributed by atoms with Crippen LogP contribution in [0.2, 0.25) is 0 Å². The van der Waals surface area contributed by atoms with Gasteiger partial charge in [-0.3, -0.25) is 25.2 Å². The Morgan fingerprint density at radius 2 is 1.83 bits per heavy atom. The molecule has 3 rings (SSSR count). The van der Waals surface area contributed by atoms with Crippen LogP contribution in [0, 0.1) is 17.8 Å². The van der Waals surface area contributed by atoms with E-state index in [4.69, 9.17) is 4.74 Å². The first kappa shape index (κ1) is 16.5. The molecule has 1 aliphatic heterocycles. The maximum atomic E-state index is 12.7. The third-order valence-electron chi connectivity index (χ3n) is 6.02. The minimum absolute atomic E-state index is 0.348. The minimum Gasteiger partial charge on any atom is -0.448 e. The fraction of sp³-hybridized carbons (Fsp3) is 0.500. The molecule has 1 aromatic rings. The highest BCUT2D eigenvalue weighted by atomic mass is 16.6. The smallest absolute Gasteiger partial charge is 0.313 e. The summed E-state index contributed by atoms with van der Waals surface area (Å²) in [5.74, 6) is -1.24. The van der Waals surface area contributed by atoms with Crippen molar-refractivity contribution < 1.29 is 19.1 Å². The summed E-state index contributed by atoms with van der Waals surface area (Å²) in [5.41, 5.74) is 3.70. The van der Waals surface area contributed by atoms with Crippen molar-refractivity contribution in [2.45, 2.75) is 46.1 Å². The van der Waals surface area contributed by atoms with E-state index in [0.717, 1.165) is 5.56 Å². The number of amides is 2. The highest BCUT2D eigenvalue weighted by molar-refractivity contribution is 5.99. The van der Waals surface area contributed by atoms with Crippen LogP contribution in [-0.2, 0) is 14.3 Å². The molecule has 1 aliphatic carbocycles. The minimum atomic E-state index is -1.24. The van der Waals surface area contributed by atoms with E-state index < -0.39 is 28.2 Å². The van der Waals surface area contributed by atoms with Crippen molar-refractivity contribution in [1.29, 1.82) is 0 Å². The number of hydrogen-bond donors (Lipinski definition) is 2. The average Bonchev–Trinajstić information content (AvgIpc) is 2.82. The molecule has 2 unspecified atom stereocenters. The summed E-state index contributed by atoms with van der Waals surface area (Å²) in [7, 11) is 0. The SMILES string of the molecule is Cc1cccc(C(=O)NNC(=O)C23CCC(C)(C(=O)O2)C3(C)C)c1. The lowest BCUT2D eigenvalue weighted by molar-refractivity contribution is -0.168. The molecule has 1 saturated carbocycles. The summed E-state index contributed by atoms with van der Waals surface area (Å²) in [6.45, 7) is 7.45. The topological polar surface area (TPSA) is 84.5 Å². The second kappa shape index (κ2) is 5.06. The summed E-state index contributed by atoms with van der Waals surface area (Å²) >= 11 is 0. The normalized spacial score (nSPS) is 29.9. The zero-order valence-electron chi connectivity index (χ0n) is 14.4. The van der Waals surface area contributed by atoms with E-state index in [-0.39, 0.29) is 5.97 Å². The first-order valence-corrected chi connectivity index (χ1v) is 8.05. The Balaban J connectivity index is 1.74. The molecule has 0 radical (unpaired) electrons. The van der Waals surface area contributed by atoms with Gasteiger partial charge in [-0.2, -0.15) is 0 Å². The van der Waals surface area contributed by atoms with Crippen molar-refractivity contribution in [1.82, 2.24) is 10.9 Å². The number of esters is 1. The third-order valence-corrected chi connectivity index (χ3v) is 6.02. The monoisotopic (exact) mass is 330 g/mol. The Morgan fingerprint density at radius 3 is 2.38 bits per heavy atom. The van der Waals surface area contributed by atoms with Crippen LogP contribution in [0.5, 0.6) is 0 Å². The van der Waals surface area contributed by atoms with Crippen molar-refractivity contribution in [2.24, 2.45) is 10.8 Å². The average molecular weight is 330 g/mol. The molecule has 1 saturated heterocycles. The molecule has 2 bridgehead atoms. The lowest BCUT2D eigenvalue weighted by Crippen LogP contribution is -2.57. The van der Waals surface area contributed by atoms with Gasteiger partial charge in [0.15, 0.2) is 5.60 Å². The molecule has 2 amide bonds. The molecule has 1 aromatic carbocycles. The maximum Gasteiger partial charge on any atom is 0.313 e. The van der Waals surface area contributed by atoms with Crippen LogP contribution in [0.15, 0.2) is 24.3 Å². The van der Waals surface area contributed by atoms with Crippen LogP contribution in [0.25, 0.3) is 0 Å². The molecule has 2 fully saturated rings. The van der Waals surface area contributed by atoms with Gasteiger partial charge in [-0.05, 0) is 38.8 Å². The van der Waals surface area contributed by atoms with E-state index in [1.54, 1.807) is 18.2 Å². The van der Waals surface area contributed by atoms with Crippen molar-refractivity contribution in [3.05, 3.63) is 35.4 Å². The number of carbonyl (C=O) groups is 3. The Kier molecular flexibility index (Phi) is 3.48. The Bertz CT molecular complexity index is 742. The van der Waals surface area contributed by atoms with Crippen LogP contribution in [-0.4, -0.2) is 23.4 Å². The van der Waals surface area contributed by atoms with Gasteiger partial charge in [-0.25, -0.2) is 0 Å². The molecule has 6 heteroatoms. The van der Waals surface area contributed by atoms with Gasteiger partial charge in [0.1, 0.15) is 0 Å². The Morgan fingerprint density at radius 1 is 1.12 bits per heavy atom. The Hall–Kier alpha value is -2.37. The first-order valence-electron chi connectivity index (χ1n) is 8.05. The second-order valence-electron chi connectivity index (χ2n) is 7.45. The molecule has 128 valence electrons. The first-order chi connectivity index (χ1) is 11.1. The zero-order valence-corrected chi connectivity index (χ0v) is 14.4. The quantitative estimate of drug-likeness (QED) is 0.640. The van der Waals surface area contributed by atoms with Crippen molar-refractivity contribution >= 4 is 17.8 Å². The van der Waals surface area contributed by atoms with Gasteiger partial charge in [0.05, 0.1) is 5.41 Å². The predicted octanol–water partition coefficient (Wildman–Crippen LogP) is 1.88. The van der Waals surface area contributed by atoms with Crippen LogP contribution in [0.1, 0.15) is 49.5 Å². The molecule has 2 N–H and O–H groups in total. The van der Waals surface area contributed by atoms with E-state index in [1.807, 2.05) is 33.8 Å². The lowest BCUT2D eigenvalue weighted by Gasteiger charge is -2.35. The second-order valence-corrected chi connectivity index (χ2v) is 7.45. The van der Waals surface area contributed by atoms with E-state index in [9.17, 15) is 14.4 Å². The predicted molar refractivity (Wildman–Crippen MR) is 86.7 cm³/mol. The molecular weight excluding hydrogens is 308 g/mol. The summed E-state index contributed by atoms with van der Waals surface area (Å²) in [6, 6.07) is 7.05. The molecule has 2 aliphatic rings. The summed E-state index contributed by atoms with van der Waals surface area (Å²) < 4.78 is 5.48. The van der Waals surface area contributed by atoms with Crippen LogP contribution in [0.4, 0.5) is 0 Å². The molecule has 2 atom stereocenters. The van der Waals surface area contributed by atoms with Gasteiger partial charge >= 0.3 is 5.97 Å². The Labute approximate surface area is 140 Å². The number of hydrazine groups is 1. The third kappa shape index (κ3) is 1.98. The largest absolute Gasteiger partial charge is 0.448 e. The number of nitrogens with one attached hydrogen (secondary N) is 2. The van der Waals surface area contributed by atoms with E-state index in [2.05, 4.69) is 10.9 Å². The van der Waals surface area contributed by atoms with Crippen molar-refractivity contribution in [3.8, 4) is 0 Å². The number of rotatable bonds is 2. The van der Waals surface area contributed by atoms with E-state index in [0.29, 0.717) is 18.4 Å². The van der Waals surface area contributed by atoms with Gasteiger partial charge in [0, 0.05) is 11.0 Å². The van der Waals surface area contributed by atoms with Crippen molar-refractivity contribution in [3.63, 3.8) is 0 Å². The lowest BCUT2D eigenvalue weighted by atomic mass is 9.66. The molecule has 0 aromatic heterocycles. The summed E-state index contributed by atoms with van der Waals surface area (Å²) in [6.07, 6.45) is 1.05. The summed E-state index contributed by atoms with van der Waals surface area (Å²) in [4.78, 5) is 37.1.